The zero-order chi connectivity index (χ0) is 10.5. The lowest BCUT2D eigenvalue weighted by Gasteiger charge is -1.95. The molecular formula is C4H12Cl2N2S2. The number of rotatable bonds is 6. The third-order valence-electron chi connectivity index (χ3n) is 0.353. The van der Waals surface area contributed by atoms with Crippen LogP contribution in [0.5, 0.6) is 0 Å². The minimum atomic E-state index is -1.62. The molecule has 0 saturated carbocycles. The summed E-state index contributed by atoms with van der Waals surface area (Å²) in [6.07, 6.45) is 0. The van der Waals surface area contributed by atoms with Crippen molar-refractivity contribution < 1.29 is 5.48 Å². The van der Waals surface area contributed by atoms with Gasteiger partial charge in [0.1, 0.15) is 0 Å². The van der Waals surface area contributed by atoms with Gasteiger partial charge >= 0.3 is 0 Å². The lowest BCUT2D eigenvalue weighted by Crippen LogP contribution is -2.02. The molecule has 0 unspecified atom stereocenters. The van der Waals surface area contributed by atoms with Gasteiger partial charge in [-0.1, -0.05) is 21.6 Å². The molecule has 0 atom stereocenters. The molecule has 0 aromatic carbocycles. The number of halogens is 2. The van der Waals surface area contributed by atoms with E-state index in [1.807, 2.05) is 0 Å². The van der Waals surface area contributed by atoms with Gasteiger partial charge in [0.25, 0.3) is 0 Å². The first kappa shape index (κ1) is 6.69. The van der Waals surface area contributed by atoms with Gasteiger partial charge in [-0.15, -0.1) is 11.6 Å². The van der Waals surface area contributed by atoms with Gasteiger partial charge in [0, 0.05) is 29.3 Å². The highest BCUT2D eigenvalue weighted by molar-refractivity contribution is 8.76. The van der Waals surface area contributed by atoms with E-state index in [4.69, 9.17) is 28.9 Å². The van der Waals surface area contributed by atoms with Crippen LogP contribution in [0.2, 0.25) is 0 Å². The maximum absolute atomic E-state index is 7.33. The first-order valence-corrected chi connectivity index (χ1v) is 5.15. The van der Waals surface area contributed by atoms with Crippen LogP contribution in [0.15, 0.2) is 0 Å². The van der Waals surface area contributed by atoms with Crippen molar-refractivity contribution in [2.75, 3.05) is 23.8 Å². The van der Waals surface area contributed by atoms with Crippen molar-refractivity contribution >= 4 is 45.0 Å². The molecule has 0 aliphatic rings. The van der Waals surface area contributed by atoms with Crippen molar-refractivity contribution in [3.63, 3.8) is 0 Å². The van der Waals surface area contributed by atoms with Crippen molar-refractivity contribution in [2.45, 2.75) is 0 Å². The molecule has 0 spiro atoms. The predicted octanol–water partition coefficient (Wildman–Crippen LogP) is 2.51. The van der Waals surface area contributed by atoms with Gasteiger partial charge in [0.2, 0.25) is 0 Å². The second-order valence-corrected chi connectivity index (χ2v) is 3.34. The van der Waals surface area contributed by atoms with Crippen LogP contribution in [0.1, 0.15) is 5.48 Å². The summed E-state index contributed by atoms with van der Waals surface area (Å²) in [5, 5.41) is 0. The summed E-state index contributed by atoms with van der Waals surface area (Å²) >= 11 is 10.5. The fraction of sp³-hybridized carbons (Fsp3) is 1.00. The van der Waals surface area contributed by atoms with E-state index in [2.05, 4.69) is 4.84 Å². The second kappa shape index (κ2) is 12.8. The SMILES string of the molecule is N.[2H]C([2H])(CCl)SSC([2H])([2H])CNCl. The number of hydrogen-bond donors (Lipinski definition) is 2. The molecule has 0 amide bonds. The standard InChI is InChI=1S/C4H9Cl2NS2.H3N/c5-1-3-8-9-4-2-7-6;/h7H,1-4H2;1H3/i3D2,4D2;. The second-order valence-electron chi connectivity index (χ2n) is 0.899. The number of alkyl halides is 1. The summed E-state index contributed by atoms with van der Waals surface area (Å²) in [7, 11) is 1.55. The number of hydrogen-bond acceptors (Lipinski definition) is 4. The Morgan fingerprint density at radius 1 is 1.40 bits per heavy atom. The molecular weight excluding hydrogens is 211 g/mol. The van der Waals surface area contributed by atoms with E-state index in [-0.39, 0.29) is 18.6 Å². The minimum Gasteiger partial charge on any atom is -0.344 e. The molecule has 64 valence electrons. The Kier molecular flexibility index (Phi) is 8.59. The molecule has 0 aromatic rings. The summed E-state index contributed by atoms with van der Waals surface area (Å²) in [5.41, 5.74) is -3.22. The fourth-order valence-corrected chi connectivity index (χ4v) is 1.64. The summed E-state index contributed by atoms with van der Waals surface area (Å²) < 4.78 is 29.2. The van der Waals surface area contributed by atoms with Crippen LogP contribution < -0.4 is 11.0 Å². The molecule has 0 aliphatic heterocycles. The highest BCUT2D eigenvalue weighted by Crippen LogP contribution is 2.19. The topological polar surface area (TPSA) is 47.0 Å². The van der Waals surface area contributed by atoms with Crippen molar-refractivity contribution in [1.82, 2.24) is 11.0 Å². The van der Waals surface area contributed by atoms with Crippen LogP contribution in [0, 0.1) is 0 Å². The van der Waals surface area contributed by atoms with E-state index in [0.717, 1.165) is 21.6 Å². The Morgan fingerprint density at radius 2 is 2.00 bits per heavy atom. The van der Waals surface area contributed by atoms with Gasteiger partial charge in [-0.3, -0.25) is 0 Å². The van der Waals surface area contributed by atoms with Gasteiger partial charge in [-0.25, -0.2) is 4.84 Å². The van der Waals surface area contributed by atoms with Gasteiger partial charge in [0.15, 0.2) is 0 Å². The van der Waals surface area contributed by atoms with Crippen LogP contribution in [0.3, 0.4) is 0 Å². The van der Waals surface area contributed by atoms with E-state index in [1.165, 1.54) is 0 Å². The molecule has 0 saturated heterocycles. The monoisotopic (exact) mass is 226 g/mol. The quantitative estimate of drug-likeness (QED) is 0.416. The minimum absolute atomic E-state index is 0. The van der Waals surface area contributed by atoms with Crippen molar-refractivity contribution in [1.29, 1.82) is 0 Å². The van der Waals surface area contributed by atoms with Gasteiger partial charge in [-0.2, -0.15) is 0 Å². The number of nitrogens with one attached hydrogen (secondary N) is 1. The Morgan fingerprint density at radius 3 is 2.50 bits per heavy atom. The first-order valence-electron chi connectivity index (χ1n) is 4.09. The van der Waals surface area contributed by atoms with Crippen LogP contribution in [-0.4, -0.2) is 23.8 Å². The average molecular weight is 227 g/mol. The summed E-state index contributed by atoms with van der Waals surface area (Å²) in [4.78, 5) is 2.17. The van der Waals surface area contributed by atoms with Gasteiger partial charge < -0.3 is 6.15 Å². The first-order chi connectivity index (χ1) is 5.83. The largest absolute Gasteiger partial charge is 0.344 e. The van der Waals surface area contributed by atoms with Crippen LogP contribution in [0.4, 0.5) is 0 Å². The zero-order valence-electron chi connectivity index (χ0n) is 9.19. The van der Waals surface area contributed by atoms with Crippen LogP contribution >= 0.6 is 45.0 Å². The molecule has 0 bridgehead atoms. The smallest absolute Gasteiger partial charge is 0.0403 e. The van der Waals surface area contributed by atoms with Crippen molar-refractivity contribution in [3.05, 3.63) is 0 Å². The summed E-state index contributed by atoms with van der Waals surface area (Å²) in [6, 6.07) is 0. The molecule has 0 heterocycles. The van der Waals surface area contributed by atoms with Crippen LogP contribution in [0.25, 0.3) is 0 Å². The van der Waals surface area contributed by atoms with E-state index in [9.17, 15) is 0 Å². The maximum atomic E-state index is 7.33. The average Bonchev–Trinajstić information content (AvgIpc) is 2.02. The lowest BCUT2D eigenvalue weighted by atomic mass is 10.8. The summed E-state index contributed by atoms with van der Waals surface area (Å²) in [6.45, 7) is -0.0510. The highest BCUT2D eigenvalue weighted by Gasteiger charge is 1.87. The normalized spacial score (nSPS) is 17.8. The third-order valence-corrected chi connectivity index (χ3v) is 2.34. The molecule has 6 heteroatoms. The lowest BCUT2D eigenvalue weighted by molar-refractivity contribution is 1.04. The van der Waals surface area contributed by atoms with Gasteiger partial charge in [0.05, 0.1) is 0 Å². The Balaban J connectivity index is 0. The van der Waals surface area contributed by atoms with E-state index < -0.39 is 11.4 Å². The molecule has 0 radical (unpaired) electrons. The molecule has 10 heavy (non-hydrogen) atoms. The maximum Gasteiger partial charge on any atom is 0.0403 e. The molecule has 4 N–H and O–H groups in total. The summed E-state index contributed by atoms with van der Waals surface area (Å²) in [5.74, 6) is -0.172. The molecule has 0 fully saturated rings. The van der Waals surface area contributed by atoms with E-state index in [0.29, 0.717) is 0 Å². The molecule has 0 rings (SSSR count). The predicted molar refractivity (Wildman–Crippen MR) is 54.5 cm³/mol. The Bertz CT molecular complexity index is 162. The molecule has 2 nitrogen and oxygen atoms in total. The highest BCUT2D eigenvalue weighted by atomic mass is 35.5. The van der Waals surface area contributed by atoms with Crippen LogP contribution in [-0.2, 0) is 0 Å². The van der Waals surface area contributed by atoms with E-state index in [1.54, 1.807) is 0 Å². The third kappa shape index (κ3) is 11.9. The Labute approximate surface area is 85.5 Å². The van der Waals surface area contributed by atoms with Gasteiger partial charge in [-0.05, 0) is 11.8 Å². The van der Waals surface area contributed by atoms with Crippen molar-refractivity contribution in [2.24, 2.45) is 0 Å². The molecule has 0 aromatic heterocycles. The fourth-order valence-electron chi connectivity index (χ4n) is 0.138. The van der Waals surface area contributed by atoms with Crippen molar-refractivity contribution in [3.8, 4) is 0 Å². The van der Waals surface area contributed by atoms with E-state index >= 15 is 0 Å². The molecule has 0 aliphatic carbocycles. The Hall–Kier alpha value is 1.20. The zero-order valence-corrected chi connectivity index (χ0v) is 8.34.